The fraction of sp³-hybridized carbons (Fsp3) is 1.00. The first kappa shape index (κ1) is 14.8. The Hall–Kier alpha value is -0.0800. The molecule has 0 aromatic rings. The zero-order chi connectivity index (χ0) is 14.0. The van der Waals surface area contributed by atoms with Gasteiger partial charge < -0.3 is 10.2 Å². The largest absolute Gasteiger partial charge is 0.313 e. The Balaban J connectivity index is 1.63. The van der Waals surface area contributed by atoms with Crippen molar-refractivity contribution in [3.05, 3.63) is 0 Å². The van der Waals surface area contributed by atoms with Gasteiger partial charge in [0, 0.05) is 25.2 Å². The summed E-state index contributed by atoms with van der Waals surface area (Å²) in [6.07, 6.45) is 13.0. The predicted octanol–water partition coefficient (Wildman–Crippen LogP) is 3.81. The van der Waals surface area contributed by atoms with Gasteiger partial charge in [-0.3, -0.25) is 0 Å². The van der Waals surface area contributed by atoms with Gasteiger partial charge in [0.1, 0.15) is 0 Å². The molecule has 1 aliphatic heterocycles. The van der Waals surface area contributed by atoms with Crippen molar-refractivity contribution in [1.29, 1.82) is 0 Å². The Kier molecular flexibility index (Phi) is 4.72. The molecule has 20 heavy (non-hydrogen) atoms. The highest BCUT2D eigenvalue weighted by Gasteiger charge is 2.38. The normalized spacial score (nSPS) is 39.9. The Morgan fingerprint density at radius 3 is 2.60 bits per heavy atom. The molecule has 0 aromatic carbocycles. The van der Waals surface area contributed by atoms with Gasteiger partial charge in [0.05, 0.1) is 0 Å². The van der Waals surface area contributed by atoms with Gasteiger partial charge in [-0.05, 0) is 63.3 Å². The molecule has 2 saturated carbocycles. The molecule has 0 radical (unpaired) electrons. The molecule has 0 bridgehead atoms. The summed E-state index contributed by atoms with van der Waals surface area (Å²) in [5, 5.41) is 3.87. The first-order valence-corrected chi connectivity index (χ1v) is 9.14. The predicted molar refractivity (Wildman–Crippen MR) is 86.0 cm³/mol. The van der Waals surface area contributed by atoms with E-state index in [1.165, 1.54) is 77.4 Å². The van der Waals surface area contributed by atoms with Crippen molar-refractivity contribution >= 4 is 0 Å². The van der Waals surface area contributed by atoms with E-state index in [0.717, 1.165) is 18.0 Å². The smallest absolute Gasteiger partial charge is 0.00684 e. The van der Waals surface area contributed by atoms with Gasteiger partial charge in [-0.1, -0.05) is 26.2 Å². The molecule has 116 valence electrons. The van der Waals surface area contributed by atoms with Gasteiger partial charge in [0.2, 0.25) is 0 Å². The number of nitrogens with one attached hydrogen (secondary N) is 1. The maximum absolute atomic E-state index is 3.87. The van der Waals surface area contributed by atoms with E-state index in [4.69, 9.17) is 0 Å². The molecule has 0 aromatic heterocycles. The van der Waals surface area contributed by atoms with Crippen LogP contribution in [0.15, 0.2) is 0 Å². The summed E-state index contributed by atoms with van der Waals surface area (Å²) in [5.41, 5.74) is 0.575. The van der Waals surface area contributed by atoms with Crippen LogP contribution in [-0.4, -0.2) is 36.6 Å². The van der Waals surface area contributed by atoms with Crippen molar-refractivity contribution in [2.45, 2.75) is 83.7 Å². The van der Waals surface area contributed by atoms with E-state index in [2.05, 4.69) is 24.1 Å². The van der Waals surface area contributed by atoms with E-state index < -0.39 is 0 Å². The molecule has 3 atom stereocenters. The van der Waals surface area contributed by atoms with E-state index in [1.54, 1.807) is 0 Å². The van der Waals surface area contributed by atoms with Crippen molar-refractivity contribution in [2.75, 3.05) is 19.6 Å². The van der Waals surface area contributed by atoms with Crippen LogP contribution in [0.1, 0.15) is 71.6 Å². The molecule has 3 fully saturated rings. The lowest BCUT2D eigenvalue weighted by atomic mass is 9.69. The van der Waals surface area contributed by atoms with E-state index in [-0.39, 0.29) is 0 Å². The van der Waals surface area contributed by atoms with Crippen LogP contribution in [0.25, 0.3) is 0 Å². The number of piperidine rings is 1. The van der Waals surface area contributed by atoms with E-state index in [1.807, 2.05) is 0 Å². The van der Waals surface area contributed by atoms with Gasteiger partial charge in [0.15, 0.2) is 0 Å². The second-order valence-corrected chi connectivity index (χ2v) is 8.17. The van der Waals surface area contributed by atoms with Gasteiger partial charge in [-0.15, -0.1) is 0 Å². The van der Waals surface area contributed by atoms with Crippen LogP contribution in [0.2, 0.25) is 0 Å². The Morgan fingerprint density at radius 2 is 1.90 bits per heavy atom. The van der Waals surface area contributed by atoms with Crippen molar-refractivity contribution in [1.82, 2.24) is 10.2 Å². The van der Waals surface area contributed by atoms with Crippen LogP contribution in [0.4, 0.5) is 0 Å². The Labute approximate surface area is 125 Å². The summed E-state index contributed by atoms with van der Waals surface area (Å²) < 4.78 is 0. The van der Waals surface area contributed by atoms with Crippen LogP contribution in [0.3, 0.4) is 0 Å². The standard InChI is InChI=1S/C18H34N2/c1-15-6-5-10-18(12-15,13-19-17-8-9-17)14-20-11-4-3-7-16(20)2/h15-17,19H,3-14H2,1-2H3. The Morgan fingerprint density at radius 1 is 1.05 bits per heavy atom. The molecule has 0 amide bonds. The number of rotatable bonds is 5. The topological polar surface area (TPSA) is 15.3 Å². The molecule has 0 spiro atoms. The number of likely N-dealkylation sites (tertiary alicyclic amines) is 1. The monoisotopic (exact) mass is 278 g/mol. The summed E-state index contributed by atoms with van der Waals surface area (Å²) in [7, 11) is 0. The first-order chi connectivity index (χ1) is 9.67. The van der Waals surface area contributed by atoms with Crippen LogP contribution in [0.5, 0.6) is 0 Å². The molecule has 1 heterocycles. The molecule has 2 heteroatoms. The molecule has 2 aliphatic carbocycles. The maximum Gasteiger partial charge on any atom is 0.00684 e. The average Bonchev–Trinajstić information content (AvgIpc) is 3.24. The highest BCUT2D eigenvalue weighted by molar-refractivity contribution is 4.94. The Bertz CT molecular complexity index is 313. The lowest BCUT2D eigenvalue weighted by Gasteiger charge is -2.46. The van der Waals surface area contributed by atoms with E-state index in [9.17, 15) is 0 Å². The van der Waals surface area contributed by atoms with Crippen molar-refractivity contribution in [2.24, 2.45) is 11.3 Å². The lowest BCUT2D eigenvalue weighted by molar-refractivity contribution is 0.0463. The molecule has 2 nitrogen and oxygen atoms in total. The average molecular weight is 278 g/mol. The summed E-state index contributed by atoms with van der Waals surface area (Å²) in [6, 6.07) is 1.68. The minimum absolute atomic E-state index is 0.575. The van der Waals surface area contributed by atoms with Gasteiger partial charge in [-0.25, -0.2) is 0 Å². The van der Waals surface area contributed by atoms with Gasteiger partial charge in [-0.2, -0.15) is 0 Å². The minimum atomic E-state index is 0.575. The second-order valence-electron chi connectivity index (χ2n) is 8.17. The molecule has 3 rings (SSSR count). The fourth-order valence-electron chi connectivity index (χ4n) is 4.60. The highest BCUT2D eigenvalue weighted by atomic mass is 15.2. The highest BCUT2D eigenvalue weighted by Crippen LogP contribution is 2.41. The third-order valence-corrected chi connectivity index (χ3v) is 6.01. The summed E-state index contributed by atoms with van der Waals surface area (Å²) in [6.45, 7) is 8.92. The zero-order valence-electron chi connectivity index (χ0n) is 13.7. The van der Waals surface area contributed by atoms with Crippen LogP contribution >= 0.6 is 0 Å². The van der Waals surface area contributed by atoms with Gasteiger partial charge >= 0.3 is 0 Å². The number of hydrogen-bond acceptors (Lipinski definition) is 2. The van der Waals surface area contributed by atoms with E-state index in [0.29, 0.717) is 5.41 Å². The summed E-state index contributed by atoms with van der Waals surface area (Å²) in [5.74, 6) is 0.935. The lowest BCUT2D eigenvalue weighted by Crippen LogP contribution is -2.50. The third kappa shape index (κ3) is 3.76. The maximum atomic E-state index is 3.87. The first-order valence-electron chi connectivity index (χ1n) is 9.14. The van der Waals surface area contributed by atoms with Crippen LogP contribution in [-0.2, 0) is 0 Å². The zero-order valence-corrected chi connectivity index (χ0v) is 13.7. The minimum Gasteiger partial charge on any atom is -0.313 e. The quantitative estimate of drug-likeness (QED) is 0.822. The molecular formula is C18H34N2. The molecule has 3 aliphatic rings. The van der Waals surface area contributed by atoms with Gasteiger partial charge in [0.25, 0.3) is 0 Å². The van der Waals surface area contributed by atoms with Crippen LogP contribution in [0, 0.1) is 11.3 Å². The van der Waals surface area contributed by atoms with Crippen molar-refractivity contribution < 1.29 is 0 Å². The van der Waals surface area contributed by atoms with Crippen molar-refractivity contribution in [3.63, 3.8) is 0 Å². The molecule has 1 N–H and O–H groups in total. The second kappa shape index (κ2) is 6.36. The fourth-order valence-corrected chi connectivity index (χ4v) is 4.60. The SMILES string of the molecule is CC1CCCC(CNC2CC2)(CN2CCCCC2C)C1. The number of hydrogen-bond donors (Lipinski definition) is 1. The summed E-state index contributed by atoms with van der Waals surface area (Å²) >= 11 is 0. The molecular weight excluding hydrogens is 244 g/mol. The number of nitrogens with zero attached hydrogens (tertiary/aromatic N) is 1. The third-order valence-electron chi connectivity index (χ3n) is 6.01. The van der Waals surface area contributed by atoms with E-state index >= 15 is 0 Å². The van der Waals surface area contributed by atoms with Crippen LogP contribution < -0.4 is 5.32 Å². The summed E-state index contributed by atoms with van der Waals surface area (Å²) in [4.78, 5) is 2.82. The molecule has 1 saturated heterocycles. The molecule has 3 unspecified atom stereocenters. The van der Waals surface area contributed by atoms with Crippen molar-refractivity contribution in [3.8, 4) is 0 Å².